The average molecular weight is 539 g/mol. The predicted octanol–water partition coefficient (Wildman–Crippen LogP) is 1.06. The van der Waals surface area contributed by atoms with E-state index in [9.17, 15) is 38.4 Å². The minimum absolute atomic E-state index is 0.128. The number of carboxylic acids is 1. The van der Waals surface area contributed by atoms with Gasteiger partial charge in [-0.1, -0.05) is 17.3 Å². The fraction of sp³-hybridized carbons (Fsp3) is 0.375. The van der Waals surface area contributed by atoms with Crippen molar-refractivity contribution in [2.24, 2.45) is 0 Å². The van der Waals surface area contributed by atoms with Gasteiger partial charge >= 0.3 is 5.97 Å². The molecule has 0 spiro atoms. The zero-order valence-electron chi connectivity index (χ0n) is 19.8. The van der Waals surface area contributed by atoms with Crippen molar-refractivity contribution >= 4 is 5.97 Å². The van der Waals surface area contributed by atoms with E-state index in [1.54, 1.807) is 24.3 Å². The molecule has 0 amide bonds. The maximum atomic E-state index is 13.7. The molecular weight excluding hydrogens is 515 g/mol. The Balaban J connectivity index is 1.60. The number of hydrogen-bond donors (Lipinski definition) is 4. The molecule has 0 saturated carbocycles. The molecule has 0 radical (unpaired) electrons. The van der Waals surface area contributed by atoms with Crippen LogP contribution in [0.15, 0.2) is 42.6 Å². The molecule has 1 saturated heterocycles. The zero-order valence-corrected chi connectivity index (χ0v) is 19.8. The van der Waals surface area contributed by atoms with Crippen molar-refractivity contribution in [1.29, 1.82) is 0 Å². The topological polar surface area (TPSA) is 156 Å². The molecule has 6 atom stereocenters. The summed E-state index contributed by atoms with van der Waals surface area (Å²) >= 11 is 0. The lowest BCUT2D eigenvalue weighted by Gasteiger charge is -2.43. The maximum Gasteiger partial charge on any atom is 0.335 e. The van der Waals surface area contributed by atoms with Gasteiger partial charge in [0, 0.05) is 5.56 Å². The van der Waals surface area contributed by atoms with E-state index in [1.165, 1.54) is 7.11 Å². The number of benzene rings is 2. The van der Waals surface area contributed by atoms with Crippen molar-refractivity contribution in [2.75, 3.05) is 13.7 Å². The summed E-state index contributed by atoms with van der Waals surface area (Å²) in [5.74, 6) is -5.49. The van der Waals surface area contributed by atoms with Gasteiger partial charge in [-0.3, -0.25) is 0 Å². The van der Waals surface area contributed by atoms with E-state index in [0.29, 0.717) is 23.4 Å². The molecule has 2 heterocycles. The lowest BCUT2D eigenvalue weighted by molar-refractivity contribution is -0.238. The smallest absolute Gasteiger partial charge is 0.335 e. The zero-order chi connectivity index (χ0) is 27.6. The van der Waals surface area contributed by atoms with Gasteiger partial charge in [0.2, 0.25) is 0 Å². The Labute approximate surface area is 213 Å². The minimum atomic E-state index is -1.75. The number of aromatic nitrogens is 3. The SMILES string of the molecule is COc1ccc(CO[C@H](C(=O)O)[C@@H]2OC(CO)[C@H](O)[C@H](n3cc(-c4cc(F)c(F)c(F)c4)nn3)C2O)cc1. The molecule has 4 N–H and O–H groups in total. The third kappa shape index (κ3) is 5.49. The number of carboxylic acid groups (broad SMARTS) is 1. The van der Waals surface area contributed by atoms with Crippen molar-refractivity contribution in [3.05, 3.63) is 65.6 Å². The molecule has 204 valence electrons. The molecule has 4 rings (SSSR count). The molecule has 0 bridgehead atoms. The lowest BCUT2D eigenvalue weighted by Crippen LogP contribution is -2.60. The van der Waals surface area contributed by atoms with E-state index >= 15 is 0 Å². The van der Waals surface area contributed by atoms with Crippen LogP contribution in [0, 0.1) is 17.5 Å². The second kappa shape index (κ2) is 11.4. The summed E-state index contributed by atoms with van der Waals surface area (Å²) in [5.41, 5.74) is 0.291. The Morgan fingerprint density at radius 2 is 1.79 bits per heavy atom. The number of aliphatic hydroxyl groups is 3. The number of aliphatic hydroxyl groups excluding tert-OH is 3. The first-order valence-electron chi connectivity index (χ1n) is 11.3. The minimum Gasteiger partial charge on any atom is -0.497 e. The normalized spacial score (nSPS) is 24.2. The van der Waals surface area contributed by atoms with Crippen LogP contribution in [0.25, 0.3) is 11.3 Å². The van der Waals surface area contributed by atoms with Crippen LogP contribution in [0.1, 0.15) is 11.6 Å². The highest BCUT2D eigenvalue weighted by Gasteiger charge is 2.50. The third-order valence-electron chi connectivity index (χ3n) is 6.15. The van der Waals surface area contributed by atoms with Crippen LogP contribution < -0.4 is 4.74 Å². The van der Waals surface area contributed by atoms with Gasteiger partial charge in [-0.2, -0.15) is 0 Å². The summed E-state index contributed by atoms with van der Waals surface area (Å²) < 4.78 is 57.8. The monoisotopic (exact) mass is 539 g/mol. The van der Waals surface area contributed by atoms with Gasteiger partial charge in [0.05, 0.1) is 26.5 Å². The van der Waals surface area contributed by atoms with Gasteiger partial charge in [0.15, 0.2) is 23.6 Å². The van der Waals surface area contributed by atoms with Crippen LogP contribution in [0.2, 0.25) is 0 Å². The summed E-state index contributed by atoms with van der Waals surface area (Å²) in [6.07, 6.45) is -6.90. The fourth-order valence-electron chi connectivity index (χ4n) is 4.17. The summed E-state index contributed by atoms with van der Waals surface area (Å²) in [7, 11) is 1.49. The van der Waals surface area contributed by atoms with Gasteiger partial charge in [-0.25, -0.2) is 22.6 Å². The molecule has 3 aromatic rings. The summed E-state index contributed by atoms with van der Waals surface area (Å²) in [6.45, 7) is -0.929. The third-order valence-corrected chi connectivity index (χ3v) is 6.15. The molecule has 2 aromatic carbocycles. The van der Waals surface area contributed by atoms with E-state index in [0.717, 1.165) is 10.9 Å². The van der Waals surface area contributed by atoms with Crippen LogP contribution in [-0.2, 0) is 20.9 Å². The van der Waals surface area contributed by atoms with Gasteiger partial charge in [-0.15, -0.1) is 5.10 Å². The van der Waals surface area contributed by atoms with Crippen molar-refractivity contribution in [3.8, 4) is 17.0 Å². The molecule has 1 aliphatic rings. The molecule has 2 unspecified atom stereocenters. The van der Waals surface area contributed by atoms with Crippen LogP contribution in [0.5, 0.6) is 5.75 Å². The number of rotatable bonds is 9. The van der Waals surface area contributed by atoms with Crippen molar-refractivity contribution in [1.82, 2.24) is 15.0 Å². The number of nitrogens with zero attached hydrogens (tertiary/aromatic N) is 3. The Bertz CT molecular complexity index is 1250. The summed E-state index contributed by atoms with van der Waals surface area (Å²) in [4.78, 5) is 12.1. The largest absolute Gasteiger partial charge is 0.497 e. The first-order chi connectivity index (χ1) is 18.1. The van der Waals surface area contributed by atoms with Crippen LogP contribution in [0.4, 0.5) is 13.2 Å². The number of carbonyl (C=O) groups is 1. The molecule has 11 nitrogen and oxygen atoms in total. The van der Waals surface area contributed by atoms with E-state index in [1.807, 2.05) is 0 Å². The maximum absolute atomic E-state index is 13.7. The van der Waals surface area contributed by atoms with Crippen molar-refractivity contribution in [2.45, 2.75) is 43.2 Å². The number of methoxy groups -OCH3 is 1. The Morgan fingerprint density at radius 3 is 2.37 bits per heavy atom. The van der Waals surface area contributed by atoms with Crippen LogP contribution in [-0.4, -0.2) is 85.6 Å². The number of aliphatic carboxylic acids is 1. The standard InChI is InChI=1S/C24H24F3N3O8/c1-36-13-4-2-11(3-5-13)10-37-23(24(34)35)22-21(33)19(20(32)17(9-31)38-22)30-8-16(28-29-30)12-6-14(25)18(27)15(26)7-12/h2-8,17,19-23,31-33H,9-10H2,1H3,(H,34,35)/t17?,19-,20-,21?,22+,23-/m0/s1. The molecule has 1 fully saturated rings. The highest BCUT2D eigenvalue weighted by molar-refractivity contribution is 5.73. The lowest BCUT2D eigenvalue weighted by atomic mass is 9.90. The molecule has 38 heavy (non-hydrogen) atoms. The van der Waals surface area contributed by atoms with Crippen LogP contribution in [0.3, 0.4) is 0 Å². The molecular formula is C24H24F3N3O8. The van der Waals surface area contributed by atoms with Gasteiger partial charge in [0.25, 0.3) is 0 Å². The van der Waals surface area contributed by atoms with Gasteiger partial charge in [-0.05, 0) is 29.8 Å². The predicted molar refractivity (Wildman–Crippen MR) is 121 cm³/mol. The number of hydrogen-bond acceptors (Lipinski definition) is 9. The molecule has 14 heteroatoms. The Hall–Kier alpha value is -3.56. The van der Waals surface area contributed by atoms with Crippen LogP contribution >= 0.6 is 0 Å². The second-order valence-corrected chi connectivity index (χ2v) is 8.55. The van der Waals surface area contributed by atoms with E-state index < -0.39 is 66.6 Å². The highest BCUT2D eigenvalue weighted by Crippen LogP contribution is 2.33. The van der Waals surface area contributed by atoms with E-state index in [2.05, 4.69) is 10.3 Å². The van der Waals surface area contributed by atoms with Crippen molar-refractivity contribution in [3.63, 3.8) is 0 Å². The Kier molecular flexibility index (Phi) is 8.28. The first-order valence-corrected chi connectivity index (χ1v) is 11.3. The average Bonchev–Trinajstić information content (AvgIpc) is 3.38. The van der Waals surface area contributed by atoms with E-state index in [4.69, 9.17) is 14.2 Å². The Morgan fingerprint density at radius 1 is 1.13 bits per heavy atom. The number of ether oxygens (including phenoxy) is 3. The summed E-state index contributed by atoms with van der Waals surface area (Å²) in [5, 5.41) is 48.9. The van der Waals surface area contributed by atoms with Crippen molar-refractivity contribution < 1.29 is 52.6 Å². The van der Waals surface area contributed by atoms with Gasteiger partial charge in [0.1, 0.15) is 41.9 Å². The second-order valence-electron chi connectivity index (χ2n) is 8.55. The molecule has 1 aliphatic heterocycles. The highest BCUT2D eigenvalue weighted by atomic mass is 19.2. The molecule has 1 aromatic heterocycles. The first kappa shape index (κ1) is 27.5. The van der Waals surface area contributed by atoms with Gasteiger partial charge < -0.3 is 34.6 Å². The van der Waals surface area contributed by atoms with E-state index in [-0.39, 0.29) is 17.9 Å². The fourth-order valence-corrected chi connectivity index (χ4v) is 4.17. The summed E-state index contributed by atoms with van der Waals surface area (Å²) in [6, 6.07) is 6.57. The number of halogens is 3. The quantitative estimate of drug-likeness (QED) is 0.290. The molecule has 0 aliphatic carbocycles.